The van der Waals surface area contributed by atoms with E-state index in [-0.39, 0.29) is 82.1 Å². The quantitative estimate of drug-likeness (QED) is 0.184. The highest BCUT2D eigenvalue weighted by Gasteiger charge is 2.66. The number of carboxylic acid groups (broad SMARTS) is 1. The Morgan fingerprint density at radius 3 is 2.43 bits per heavy atom. The third-order valence-corrected chi connectivity index (χ3v) is 20.7. The number of hydrogen-bond acceptors (Lipinski definition) is 7. The second kappa shape index (κ2) is 15.9. The highest BCUT2D eigenvalue weighted by Crippen LogP contribution is 2.70. The minimum atomic E-state index is -0.750. The number of fused-ring (bicyclic) bond motifs is 9. The number of allylic oxidation sites excluding steroid dienone is 4. The van der Waals surface area contributed by atoms with Crippen molar-refractivity contribution in [3.05, 3.63) is 52.6 Å². The highest BCUT2D eigenvalue weighted by atomic mass is 16.5. The lowest BCUT2D eigenvalue weighted by Gasteiger charge is -2.63. The Balaban J connectivity index is 0.837. The molecule has 0 aromatic heterocycles. The molecular formula is C53H77NO7. The predicted octanol–water partition coefficient (Wildman–Crippen LogP) is 9.51. The summed E-state index contributed by atoms with van der Waals surface area (Å²) in [6.07, 6.45) is 14.2. The molecule has 2 unspecified atom stereocenters. The number of nitrogens with zero attached hydrogens (tertiary/aromatic N) is 1. The van der Waals surface area contributed by atoms with Crippen molar-refractivity contribution in [2.75, 3.05) is 25.1 Å². The zero-order valence-electron chi connectivity index (χ0n) is 38.4. The maximum Gasteiger partial charge on any atom is 0.303 e. The molecule has 0 heterocycles. The van der Waals surface area contributed by atoms with Crippen molar-refractivity contribution in [3.8, 4) is 0 Å². The molecule has 8 aliphatic carbocycles. The predicted molar refractivity (Wildman–Crippen MR) is 239 cm³/mol. The fourth-order valence-corrected chi connectivity index (χ4v) is 16.8. The molecule has 0 spiro atoms. The first-order valence-corrected chi connectivity index (χ1v) is 24.6. The van der Waals surface area contributed by atoms with Gasteiger partial charge in [0.25, 0.3) is 0 Å². The van der Waals surface area contributed by atoms with Crippen LogP contribution < -0.4 is 4.90 Å². The van der Waals surface area contributed by atoms with Crippen LogP contribution in [-0.2, 0) is 14.3 Å². The zero-order chi connectivity index (χ0) is 43.4. The molecule has 0 radical (unpaired) electrons. The molecule has 9 rings (SSSR count). The van der Waals surface area contributed by atoms with Gasteiger partial charge in [0.2, 0.25) is 0 Å². The summed E-state index contributed by atoms with van der Waals surface area (Å²) in [6, 6.07) is 9.18. The summed E-state index contributed by atoms with van der Waals surface area (Å²) in [5.74, 6) is 2.56. The lowest BCUT2D eigenvalue weighted by atomic mass is 9.43. The van der Waals surface area contributed by atoms with Crippen molar-refractivity contribution >= 4 is 17.4 Å². The van der Waals surface area contributed by atoms with Gasteiger partial charge in [0.05, 0.1) is 30.5 Å². The molecule has 0 bridgehead atoms. The normalized spacial score (nSPS) is 45.7. The van der Waals surface area contributed by atoms with E-state index in [4.69, 9.17) is 4.74 Å². The van der Waals surface area contributed by atoms with Gasteiger partial charge in [-0.3, -0.25) is 9.59 Å². The van der Waals surface area contributed by atoms with E-state index in [0.717, 1.165) is 83.6 Å². The van der Waals surface area contributed by atoms with E-state index in [0.29, 0.717) is 37.2 Å². The van der Waals surface area contributed by atoms with E-state index in [1.165, 1.54) is 22.4 Å². The van der Waals surface area contributed by atoms with Gasteiger partial charge >= 0.3 is 5.97 Å². The molecule has 4 N–H and O–H groups in total. The Kier molecular flexibility index (Phi) is 11.4. The second-order valence-electron chi connectivity index (χ2n) is 23.1. The molecular weight excluding hydrogens is 763 g/mol. The van der Waals surface area contributed by atoms with Crippen LogP contribution in [0.4, 0.5) is 5.69 Å². The Hall–Kier alpha value is -2.52. The molecule has 6 saturated carbocycles. The Morgan fingerprint density at radius 1 is 0.934 bits per heavy atom. The number of hydrogen-bond donors (Lipinski definition) is 4. The number of carbonyl (C=O) groups is 2. The van der Waals surface area contributed by atoms with Crippen LogP contribution in [0.15, 0.2) is 47.1 Å². The van der Waals surface area contributed by atoms with Crippen molar-refractivity contribution in [1.82, 2.24) is 0 Å². The summed E-state index contributed by atoms with van der Waals surface area (Å²) in [5, 5.41) is 45.3. The summed E-state index contributed by atoms with van der Waals surface area (Å²) in [7, 11) is 2.15. The van der Waals surface area contributed by atoms with E-state index < -0.39 is 17.7 Å². The average Bonchev–Trinajstić information content (AvgIpc) is 3.67. The Bertz CT molecular complexity index is 1920. The third kappa shape index (κ3) is 6.96. The van der Waals surface area contributed by atoms with Crippen molar-refractivity contribution < 1.29 is 34.8 Å². The van der Waals surface area contributed by atoms with E-state index in [2.05, 4.69) is 77.8 Å². The van der Waals surface area contributed by atoms with E-state index >= 15 is 0 Å². The van der Waals surface area contributed by atoms with E-state index in [1.807, 2.05) is 6.08 Å². The van der Waals surface area contributed by atoms with Crippen molar-refractivity contribution in [1.29, 1.82) is 0 Å². The van der Waals surface area contributed by atoms with Gasteiger partial charge in [0.1, 0.15) is 0 Å². The fourth-order valence-electron chi connectivity index (χ4n) is 16.8. The zero-order valence-corrected chi connectivity index (χ0v) is 38.4. The van der Waals surface area contributed by atoms with E-state index in [9.17, 15) is 30.0 Å². The van der Waals surface area contributed by atoms with Gasteiger partial charge in [-0.15, -0.1) is 0 Å². The molecule has 336 valence electrons. The molecule has 8 heteroatoms. The monoisotopic (exact) mass is 840 g/mol. The maximum atomic E-state index is 12.5. The van der Waals surface area contributed by atoms with Gasteiger partial charge in [0, 0.05) is 43.5 Å². The average molecular weight is 840 g/mol. The summed E-state index contributed by atoms with van der Waals surface area (Å²) >= 11 is 0. The molecule has 6 fully saturated rings. The number of aliphatic hydroxyl groups is 3. The van der Waals surface area contributed by atoms with Crippen LogP contribution >= 0.6 is 0 Å². The Labute approximate surface area is 366 Å². The minimum Gasteiger partial charge on any atom is -0.481 e. The van der Waals surface area contributed by atoms with Crippen molar-refractivity contribution in [2.24, 2.45) is 69.5 Å². The van der Waals surface area contributed by atoms with Crippen LogP contribution in [0.3, 0.4) is 0 Å². The first-order valence-electron chi connectivity index (χ1n) is 24.6. The number of aliphatic carboxylic acids is 1. The SMILES string of the molecule is C[C@H](CCC(=O)O)[C@H]1CC[C@H]2[C@@H]3[C@H](O)C[C@@H]4C[C@@H](OCCN(C)c5ccc([C@H]6C[C@@]7(C)C(C[C@@H](C)[C@]7(C)O)C7CCC8=CC(=O)CCC8=C76)cc5)CC[C@]4(C)[C@H]3C[C@H](O)[C@]12C. The van der Waals surface area contributed by atoms with Crippen LogP contribution in [0.2, 0.25) is 0 Å². The number of ether oxygens (including phenoxy) is 1. The summed E-state index contributed by atoms with van der Waals surface area (Å²) in [6.45, 7) is 15.0. The number of likely N-dealkylation sites (N-methyl/N-ethyl adjacent to an activating group) is 1. The lowest BCUT2D eigenvalue weighted by molar-refractivity contribution is -0.209. The largest absolute Gasteiger partial charge is 0.481 e. The summed E-state index contributed by atoms with van der Waals surface area (Å²) < 4.78 is 6.67. The van der Waals surface area contributed by atoms with Gasteiger partial charge in [-0.05, 0) is 189 Å². The molecule has 8 nitrogen and oxygen atoms in total. The van der Waals surface area contributed by atoms with Gasteiger partial charge in [-0.25, -0.2) is 0 Å². The summed E-state index contributed by atoms with van der Waals surface area (Å²) in [5.41, 5.74) is 5.70. The number of benzene rings is 1. The van der Waals surface area contributed by atoms with Crippen LogP contribution in [0, 0.1) is 69.5 Å². The molecule has 1 aromatic rings. The number of carbonyl (C=O) groups excluding carboxylic acids is 1. The number of rotatable bonds is 10. The van der Waals surface area contributed by atoms with Crippen molar-refractivity contribution in [3.63, 3.8) is 0 Å². The molecule has 61 heavy (non-hydrogen) atoms. The molecule has 0 saturated heterocycles. The number of aliphatic hydroxyl groups excluding tert-OH is 2. The lowest BCUT2D eigenvalue weighted by Crippen LogP contribution is -2.62. The Morgan fingerprint density at radius 2 is 1.69 bits per heavy atom. The van der Waals surface area contributed by atoms with Gasteiger partial charge in [-0.2, -0.15) is 0 Å². The van der Waals surface area contributed by atoms with Gasteiger partial charge in [0.15, 0.2) is 5.78 Å². The van der Waals surface area contributed by atoms with Crippen LogP contribution in [0.5, 0.6) is 0 Å². The summed E-state index contributed by atoms with van der Waals surface area (Å²) in [4.78, 5) is 26.2. The standard InChI is InChI=1S/C53H77NO7/c1-30(8-19-47(58)59)41-17-18-42-49-44(28-46(57)52(41,42)5)50(3)21-20-37(26-34(50)27-45(49)56)61-23-22-54(7)35-12-9-32(10-13-35)40-29-51(4)43(24-31(2)53(51,6)60)39-15-11-33-25-36(55)14-16-38(33)48(39)40/h9-10,12-13,25,30-31,34,37,39-46,49,56-57,60H,8,11,14-24,26-29H2,1-7H3,(H,58,59)/t30-,31-,34+,37+,39?,40-,41-,42+,43?,44+,45-,46+,49+,50+,51+,52-,53+/m1/s1. The first kappa shape index (κ1) is 43.7. The maximum absolute atomic E-state index is 12.5. The van der Waals surface area contributed by atoms with Crippen LogP contribution in [0.25, 0.3) is 0 Å². The smallest absolute Gasteiger partial charge is 0.303 e. The number of ketones is 1. The minimum absolute atomic E-state index is 0.0702. The molecule has 1 aromatic carbocycles. The highest BCUT2D eigenvalue weighted by molar-refractivity contribution is 5.93. The van der Waals surface area contributed by atoms with Gasteiger partial charge in [-0.1, -0.05) is 52.3 Å². The second-order valence-corrected chi connectivity index (χ2v) is 23.1. The number of carboxylic acids is 1. The van der Waals surface area contributed by atoms with Crippen LogP contribution in [-0.4, -0.2) is 76.3 Å². The molecule has 17 atom stereocenters. The molecule has 8 aliphatic rings. The van der Waals surface area contributed by atoms with E-state index in [1.54, 1.807) is 5.57 Å². The van der Waals surface area contributed by atoms with Gasteiger partial charge < -0.3 is 30.1 Å². The van der Waals surface area contributed by atoms with Crippen LogP contribution in [0.1, 0.15) is 149 Å². The number of anilines is 1. The molecule has 0 aliphatic heterocycles. The topological polar surface area (TPSA) is 128 Å². The third-order valence-electron chi connectivity index (χ3n) is 20.7. The molecule has 0 amide bonds. The first-order chi connectivity index (χ1) is 28.9. The van der Waals surface area contributed by atoms with Crippen molar-refractivity contribution in [2.45, 2.75) is 168 Å². The fraction of sp³-hybridized carbons (Fsp3) is 0.774.